The summed E-state index contributed by atoms with van der Waals surface area (Å²) in [6.45, 7) is 5.29. The van der Waals surface area contributed by atoms with Crippen molar-refractivity contribution in [3.63, 3.8) is 0 Å². The molecule has 0 aliphatic carbocycles. The van der Waals surface area contributed by atoms with E-state index in [9.17, 15) is 14.4 Å². The molecule has 3 N–H and O–H groups in total. The van der Waals surface area contributed by atoms with Crippen LogP contribution in [0.15, 0.2) is 30.3 Å². The number of ether oxygens (including phenoxy) is 2. The Labute approximate surface area is 169 Å². The highest BCUT2D eigenvalue weighted by Crippen LogP contribution is 2.36. The summed E-state index contributed by atoms with van der Waals surface area (Å²) in [4.78, 5) is 36.3. The van der Waals surface area contributed by atoms with E-state index < -0.39 is 40.9 Å². The van der Waals surface area contributed by atoms with Gasteiger partial charge in [-0.15, -0.1) is 0 Å². The molecule has 8 heteroatoms. The van der Waals surface area contributed by atoms with Gasteiger partial charge in [0.05, 0.1) is 0 Å². The zero-order valence-corrected chi connectivity index (χ0v) is 17.1. The molecule has 1 heterocycles. The van der Waals surface area contributed by atoms with E-state index in [-0.39, 0.29) is 11.7 Å². The van der Waals surface area contributed by atoms with Gasteiger partial charge in [-0.25, -0.2) is 0 Å². The van der Waals surface area contributed by atoms with Crippen LogP contribution in [-0.4, -0.2) is 45.8 Å². The number of rotatable bonds is 9. The summed E-state index contributed by atoms with van der Waals surface area (Å²) < 4.78 is 11.0. The third-order valence-corrected chi connectivity index (χ3v) is 6.38. The number of carbonyl (C=O) groups excluding carboxylic acids is 2. The Kier molecular flexibility index (Phi) is 7.48. The largest absolute Gasteiger partial charge is 0.480 e. The molecule has 0 amide bonds. The minimum atomic E-state index is -1.32. The van der Waals surface area contributed by atoms with Crippen LogP contribution >= 0.6 is 11.8 Å². The third-order valence-electron chi connectivity index (χ3n) is 4.62. The van der Waals surface area contributed by atoms with E-state index in [0.29, 0.717) is 12.8 Å². The first-order valence-electron chi connectivity index (χ1n) is 9.22. The van der Waals surface area contributed by atoms with Crippen molar-refractivity contribution in [2.75, 3.05) is 5.75 Å². The highest BCUT2D eigenvalue weighted by Gasteiger charge is 2.49. The van der Waals surface area contributed by atoms with Crippen molar-refractivity contribution in [1.29, 1.82) is 0 Å². The number of carboxylic acid groups (broad SMARTS) is 1. The fourth-order valence-electron chi connectivity index (χ4n) is 3.02. The summed E-state index contributed by atoms with van der Waals surface area (Å²) in [5, 5.41) is 8.47. The van der Waals surface area contributed by atoms with Crippen molar-refractivity contribution in [1.82, 2.24) is 0 Å². The van der Waals surface area contributed by atoms with E-state index in [1.54, 1.807) is 6.92 Å². The number of aliphatic carboxylic acids is 1. The van der Waals surface area contributed by atoms with Crippen LogP contribution in [0.4, 0.5) is 0 Å². The average Bonchev–Trinajstić information content (AvgIpc) is 2.62. The van der Waals surface area contributed by atoms with Crippen molar-refractivity contribution >= 4 is 29.7 Å². The minimum Gasteiger partial charge on any atom is -0.480 e. The van der Waals surface area contributed by atoms with Crippen LogP contribution in [0.2, 0.25) is 0 Å². The van der Waals surface area contributed by atoms with Gasteiger partial charge in [0, 0.05) is 24.3 Å². The molecule has 0 bridgehead atoms. The van der Waals surface area contributed by atoms with Crippen LogP contribution in [0.1, 0.15) is 32.8 Å². The highest BCUT2D eigenvalue weighted by molar-refractivity contribution is 8.00. The predicted molar refractivity (Wildman–Crippen MR) is 106 cm³/mol. The summed E-state index contributed by atoms with van der Waals surface area (Å²) >= 11 is 1.18. The maximum absolute atomic E-state index is 12.7. The number of cyclic esters (lactones) is 2. The lowest BCUT2D eigenvalue weighted by Gasteiger charge is -2.39. The molecular formula is C20H27NO6S. The van der Waals surface area contributed by atoms with Gasteiger partial charge in [-0.2, -0.15) is 11.8 Å². The second-order valence-corrected chi connectivity index (χ2v) is 8.64. The van der Waals surface area contributed by atoms with Gasteiger partial charge < -0.3 is 20.3 Å². The number of carbonyl (C=O) groups is 3. The average molecular weight is 410 g/mol. The van der Waals surface area contributed by atoms with E-state index in [1.807, 2.05) is 44.2 Å². The summed E-state index contributed by atoms with van der Waals surface area (Å²) in [6.07, 6.45) is 0.947. The van der Waals surface area contributed by atoms with Gasteiger partial charge >= 0.3 is 17.9 Å². The van der Waals surface area contributed by atoms with E-state index >= 15 is 0 Å². The zero-order chi connectivity index (χ0) is 20.9. The lowest BCUT2D eigenvalue weighted by Crippen LogP contribution is -2.52. The first-order valence-corrected chi connectivity index (χ1v) is 10.3. The molecule has 28 heavy (non-hydrogen) atoms. The molecule has 2 rings (SSSR count). The van der Waals surface area contributed by atoms with Gasteiger partial charge in [0.1, 0.15) is 6.04 Å². The summed E-state index contributed by atoms with van der Waals surface area (Å²) in [7, 11) is 0. The molecule has 1 unspecified atom stereocenters. The summed E-state index contributed by atoms with van der Waals surface area (Å²) in [6, 6.07) is 8.58. The van der Waals surface area contributed by atoms with Crippen LogP contribution in [0.25, 0.3) is 0 Å². The second-order valence-electron chi connectivity index (χ2n) is 7.43. The normalized spacial score (nSPS) is 24.4. The smallest absolute Gasteiger partial charge is 0.324 e. The number of thioether (sulfide) groups is 1. The van der Waals surface area contributed by atoms with Crippen LogP contribution < -0.4 is 5.73 Å². The monoisotopic (exact) mass is 409 g/mol. The maximum atomic E-state index is 12.7. The molecule has 0 saturated carbocycles. The van der Waals surface area contributed by atoms with E-state index in [0.717, 1.165) is 5.56 Å². The van der Waals surface area contributed by atoms with Crippen molar-refractivity contribution in [3.05, 3.63) is 35.9 Å². The minimum absolute atomic E-state index is 0.0789. The number of benzene rings is 1. The van der Waals surface area contributed by atoms with Gasteiger partial charge in [-0.05, 0) is 17.9 Å². The van der Waals surface area contributed by atoms with Gasteiger partial charge in [0.2, 0.25) is 0 Å². The topological polar surface area (TPSA) is 116 Å². The SMILES string of the molecule is CC(C)C(SC[C@H](N)C(=O)O)C1C(=O)OC(C)(CCc2ccccc2)OC1=O. The van der Waals surface area contributed by atoms with Crippen molar-refractivity contribution < 1.29 is 29.0 Å². The Morgan fingerprint density at radius 2 is 1.79 bits per heavy atom. The number of aryl methyl sites for hydroxylation is 1. The van der Waals surface area contributed by atoms with Gasteiger partial charge in [-0.3, -0.25) is 14.4 Å². The Balaban J connectivity index is 2.04. The summed E-state index contributed by atoms with van der Waals surface area (Å²) in [5.41, 5.74) is 6.60. The molecule has 1 saturated heterocycles. The van der Waals surface area contributed by atoms with Crippen molar-refractivity contribution in [2.24, 2.45) is 17.6 Å². The molecule has 0 aromatic heterocycles. The zero-order valence-electron chi connectivity index (χ0n) is 16.3. The first kappa shape index (κ1) is 22.2. The number of carboxylic acids is 1. The fraction of sp³-hybridized carbons (Fsp3) is 0.550. The molecule has 1 aliphatic rings. The van der Waals surface area contributed by atoms with E-state index in [4.69, 9.17) is 20.3 Å². The fourth-order valence-corrected chi connectivity index (χ4v) is 4.39. The van der Waals surface area contributed by atoms with E-state index in [1.165, 1.54) is 11.8 Å². The molecule has 0 radical (unpaired) electrons. The molecule has 1 fully saturated rings. The number of esters is 2. The molecule has 0 spiro atoms. The molecule has 1 aliphatic heterocycles. The maximum Gasteiger partial charge on any atom is 0.324 e. The lowest BCUT2D eigenvalue weighted by atomic mass is 9.94. The molecule has 1 aromatic rings. The summed E-state index contributed by atoms with van der Waals surface area (Å²) in [5.74, 6) is -4.81. The van der Waals surface area contributed by atoms with Crippen molar-refractivity contribution in [2.45, 2.75) is 50.7 Å². The highest BCUT2D eigenvalue weighted by atomic mass is 32.2. The Morgan fingerprint density at radius 3 is 2.29 bits per heavy atom. The second kappa shape index (κ2) is 9.43. The third kappa shape index (κ3) is 5.72. The Bertz CT molecular complexity index is 690. The number of hydrogen-bond acceptors (Lipinski definition) is 7. The number of nitrogens with two attached hydrogens (primary N) is 1. The molecular weight excluding hydrogens is 382 g/mol. The van der Waals surface area contributed by atoms with Crippen LogP contribution in [-0.2, 0) is 30.3 Å². The molecule has 1 aromatic carbocycles. The van der Waals surface area contributed by atoms with Gasteiger partial charge in [0.15, 0.2) is 5.92 Å². The van der Waals surface area contributed by atoms with Crippen LogP contribution in [0.5, 0.6) is 0 Å². The standard InChI is InChI=1S/C20H27NO6S/c1-12(2)16(28-11-14(21)17(22)23)15-18(24)26-20(3,27-19(15)25)10-9-13-7-5-4-6-8-13/h4-8,12,14-16H,9-11,21H2,1-3H3,(H,22,23)/t14-,15?,16?,20?/m0/s1. The molecule has 7 nitrogen and oxygen atoms in total. The molecule has 154 valence electrons. The van der Waals surface area contributed by atoms with Crippen LogP contribution in [0.3, 0.4) is 0 Å². The Morgan fingerprint density at radius 1 is 1.21 bits per heavy atom. The molecule has 2 atom stereocenters. The number of hydrogen-bond donors (Lipinski definition) is 2. The lowest BCUT2D eigenvalue weighted by molar-refractivity contribution is -0.248. The van der Waals surface area contributed by atoms with Crippen molar-refractivity contribution in [3.8, 4) is 0 Å². The first-order chi connectivity index (χ1) is 13.1. The quantitative estimate of drug-likeness (QED) is 0.471. The predicted octanol–water partition coefficient (Wildman–Crippen LogP) is 2.22. The van der Waals surface area contributed by atoms with Crippen LogP contribution in [0, 0.1) is 11.8 Å². The Hall–Kier alpha value is -2.06. The van der Waals surface area contributed by atoms with Gasteiger partial charge in [0.25, 0.3) is 5.79 Å². The van der Waals surface area contributed by atoms with E-state index in [2.05, 4.69) is 0 Å². The van der Waals surface area contributed by atoms with Gasteiger partial charge in [-0.1, -0.05) is 44.2 Å².